The number of aryl methyl sites for hydroxylation is 1. The Morgan fingerprint density at radius 3 is 3.06 bits per heavy atom. The first-order valence-electron chi connectivity index (χ1n) is 6.23. The molecular weight excluding hydrogens is 200 g/mol. The summed E-state index contributed by atoms with van der Waals surface area (Å²) in [5.74, 6) is 1.11. The fourth-order valence-electron chi connectivity index (χ4n) is 2.43. The van der Waals surface area contributed by atoms with Gasteiger partial charge in [0.15, 0.2) is 0 Å². The van der Waals surface area contributed by atoms with E-state index in [-0.39, 0.29) is 0 Å². The maximum Gasteiger partial charge on any atom is 0.105 e. The third-order valence-corrected chi connectivity index (χ3v) is 3.51. The molecule has 1 saturated heterocycles. The van der Waals surface area contributed by atoms with Crippen LogP contribution in [0.15, 0.2) is 12.4 Å². The SMILES string of the molecule is CCN(CCn1ccnc1C)C1CCNC1. The Labute approximate surface area is 97.7 Å². The van der Waals surface area contributed by atoms with Gasteiger partial charge in [0.25, 0.3) is 0 Å². The van der Waals surface area contributed by atoms with E-state index in [0.717, 1.165) is 38.0 Å². The number of hydrogen-bond acceptors (Lipinski definition) is 3. The molecule has 2 rings (SSSR count). The van der Waals surface area contributed by atoms with Crippen molar-refractivity contribution in [2.45, 2.75) is 32.9 Å². The Kier molecular flexibility index (Phi) is 3.96. The zero-order chi connectivity index (χ0) is 11.4. The lowest BCUT2D eigenvalue weighted by molar-refractivity contribution is 0.210. The molecule has 1 aromatic heterocycles. The molecule has 1 aliphatic rings. The van der Waals surface area contributed by atoms with Crippen molar-refractivity contribution in [3.63, 3.8) is 0 Å². The highest BCUT2D eigenvalue weighted by molar-refractivity contribution is 4.89. The monoisotopic (exact) mass is 222 g/mol. The number of aromatic nitrogens is 2. The van der Waals surface area contributed by atoms with E-state index < -0.39 is 0 Å². The highest BCUT2D eigenvalue weighted by Gasteiger charge is 2.20. The maximum atomic E-state index is 4.25. The van der Waals surface area contributed by atoms with Gasteiger partial charge in [-0.2, -0.15) is 0 Å². The fraction of sp³-hybridized carbons (Fsp3) is 0.750. The molecule has 1 fully saturated rings. The second-order valence-electron chi connectivity index (χ2n) is 4.44. The summed E-state index contributed by atoms with van der Waals surface area (Å²) in [6.07, 6.45) is 5.23. The quantitative estimate of drug-likeness (QED) is 0.802. The Morgan fingerprint density at radius 2 is 2.50 bits per heavy atom. The largest absolute Gasteiger partial charge is 0.334 e. The summed E-state index contributed by atoms with van der Waals surface area (Å²) in [6.45, 7) is 9.95. The summed E-state index contributed by atoms with van der Waals surface area (Å²) in [5.41, 5.74) is 0. The molecule has 0 bridgehead atoms. The van der Waals surface area contributed by atoms with E-state index in [4.69, 9.17) is 0 Å². The summed E-state index contributed by atoms with van der Waals surface area (Å²) in [4.78, 5) is 6.82. The van der Waals surface area contributed by atoms with Crippen LogP contribution in [0.3, 0.4) is 0 Å². The van der Waals surface area contributed by atoms with Gasteiger partial charge in [-0.05, 0) is 26.4 Å². The molecule has 16 heavy (non-hydrogen) atoms. The Balaban J connectivity index is 1.85. The van der Waals surface area contributed by atoms with Gasteiger partial charge >= 0.3 is 0 Å². The highest BCUT2D eigenvalue weighted by Crippen LogP contribution is 2.08. The van der Waals surface area contributed by atoms with Crippen molar-refractivity contribution in [1.82, 2.24) is 19.8 Å². The topological polar surface area (TPSA) is 33.1 Å². The van der Waals surface area contributed by atoms with Gasteiger partial charge in [0.05, 0.1) is 0 Å². The normalized spacial score (nSPS) is 20.8. The molecule has 0 aliphatic carbocycles. The Bertz CT molecular complexity index is 315. The number of imidazole rings is 1. The number of rotatable bonds is 5. The summed E-state index contributed by atoms with van der Waals surface area (Å²) < 4.78 is 2.23. The van der Waals surface area contributed by atoms with E-state index in [0.29, 0.717) is 0 Å². The summed E-state index contributed by atoms with van der Waals surface area (Å²) in [5, 5.41) is 3.43. The maximum absolute atomic E-state index is 4.25. The van der Waals surface area contributed by atoms with E-state index in [9.17, 15) is 0 Å². The average Bonchev–Trinajstić information content (AvgIpc) is 2.92. The van der Waals surface area contributed by atoms with Crippen LogP contribution >= 0.6 is 0 Å². The van der Waals surface area contributed by atoms with E-state index >= 15 is 0 Å². The standard InChI is InChI=1S/C12H22N4/c1-3-15(12-4-5-13-10-12)8-9-16-7-6-14-11(16)2/h6-7,12-13H,3-5,8-10H2,1-2H3. The van der Waals surface area contributed by atoms with Gasteiger partial charge in [0.1, 0.15) is 5.82 Å². The van der Waals surface area contributed by atoms with Crippen LogP contribution in [0.1, 0.15) is 19.2 Å². The first kappa shape index (κ1) is 11.6. The second-order valence-corrected chi connectivity index (χ2v) is 4.44. The molecule has 4 heteroatoms. The van der Waals surface area contributed by atoms with Crippen molar-refractivity contribution in [3.05, 3.63) is 18.2 Å². The molecule has 90 valence electrons. The van der Waals surface area contributed by atoms with Crippen molar-refractivity contribution >= 4 is 0 Å². The van der Waals surface area contributed by atoms with Gasteiger partial charge in [0, 0.05) is 38.1 Å². The molecule has 1 N–H and O–H groups in total. The third-order valence-electron chi connectivity index (χ3n) is 3.51. The van der Waals surface area contributed by atoms with Crippen LogP contribution in [-0.2, 0) is 6.54 Å². The molecule has 0 spiro atoms. The zero-order valence-corrected chi connectivity index (χ0v) is 10.3. The molecule has 0 aromatic carbocycles. The van der Waals surface area contributed by atoms with Crippen molar-refractivity contribution < 1.29 is 0 Å². The average molecular weight is 222 g/mol. The van der Waals surface area contributed by atoms with Crippen LogP contribution in [-0.4, -0.2) is 46.7 Å². The summed E-state index contributed by atoms with van der Waals surface area (Å²) >= 11 is 0. The van der Waals surface area contributed by atoms with E-state index in [2.05, 4.69) is 39.8 Å². The van der Waals surface area contributed by atoms with Crippen LogP contribution in [0.4, 0.5) is 0 Å². The Morgan fingerprint density at radius 1 is 1.62 bits per heavy atom. The number of likely N-dealkylation sites (N-methyl/N-ethyl adjacent to an activating group) is 1. The predicted molar refractivity (Wildman–Crippen MR) is 65.5 cm³/mol. The predicted octanol–water partition coefficient (Wildman–Crippen LogP) is 0.875. The third kappa shape index (κ3) is 2.62. The van der Waals surface area contributed by atoms with Gasteiger partial charge in [-0.3, -0.25) is 4.90 Å². The molecule has 0 radical (unpaired) electrons. The minimum absolute atomic E-state index is 0.730. The summed E-state index contributed by atoms with van der Waals surface area (Å²) in [6, 6.07) is 0.730. The van der Waals surface area contributed by atoms with Gasteiger partial charge in [-0.1, -0.05) is 6.92 Å². The molecular formula is C12H22N4. The molecule has 1 unspecified atom stereocenters. The molecule has 1 aliphatic heterocycles. The minimum Gasteiger partial charge on any atom is -0.334 e. The second kappa shape index (κ2) is 5.46. The van der Waals surface area contributed by atoms with E-state index in [1.54, 1.807) is 0 Å². The molecule has 0 amide bonds. The Hall–Kier alpha value is -0.870. The van der Waals surface area contributed by atoms with Gasteiger partial charge in [-0.15, -0.1) is 0 Å². The van der Waals surface area contributed by atoms with Crippen molar-refractivity contribution in [2.75, 3.05) is 26.2 Å². The van der Waals surface area contributed by atoms with Crippen LogP contribution in [0.5, 0.6) is 0 Å². The van der Waals surface area contributed by atoms with Crippen molar-refractivity contribution in [2.24, 2.45) is 0 Å². The lowest BCUT2D eigenvalue weighted by atomic mass is 10.2. The van der Waals surface area contributed by atoms with E-state index in [1.807, 2.05) is 6.20 Å². The first-order valence-corrected chi connectivity index (χ1v) is 6.23. The number of hydrogen-bond donors (Lipinski definition) is 1. The number of nitrogens with one attached hydrogen (secondary N) is 1. The van der Waals surface area contributed by atoms with Crippen LogP contribution in [0.2, 0.25) is 0 Å². The first-order chi connectivity index (χ1) is 7.81. The lowest BCUT2D eigenvalue weighted by Gasteiger charge is -2.27. The molecule has 1 aromatic rings. The van der Waals surface area contributed by atoms with E-state index in [1.165, 1.54) is 13.0 Å². The van der Waals surface area contributed by atoms with Crippen LogP contribution in [0.25, 0.3) is 0 Å². The van der Waals surface area contributed by atoms with Crippen molar-refractivity contribution in [1.29, 1.82) is 0 Å². The van der Waals surface area contributed by atoms with Gasteiger partial charge in [-0.25, -0.2) is 4.98 Å². The molecule has 2 heterocycles. The molecule has 0 saturated carbocycles. The van der Waals surface area contributed by atoms with Gasteiger partial charge in [0.2, 0.25) is 0 Å². The fourth-order valence-corrected chi connectivity index (χ4v) is 2.43. The highest BCUT2D eigenvalue weighted by atomic mass is 15.2. The molecule has 1 atom stereocenters. The van der Waals surface area contributed by atoms with Crippen molar-refractivity contribution in [3.8, 4) is 0 Å². The van der Waals surface area contributed by atoms with Crippen LogP contribution < -0.4 is 5.32 Å². The minimum atomic E-state index is 0.730. The van der Waals surface area contributed by atoms with Gasteiger partial charge < -0.3 is 9.88 Å². The lowest BCUT2D eigenvalue weighted by Crippen LogP contribution is -2.38. The summed E-state index contributed by atoms with van der Waals surface area (Å²) in [7, 11) is 0. The smallest absolute Gasteiger partial charge is 0.105 e. The zero-order valence-electron chi connectivity index (χ0n) is 10.3. The molecule has 4 nitrogen and oxygen atoms in total. The van der Waals surface area contributed by atoms with Crippen LogP contribution in [0, 0.1) is 6.92 Å². The number of nitrogens with zero attached hydrogens (tertiary/aromatic N) is 3.